The lowest BCUT2D eigenvalue weighted by molar-refractivity contribution is -0.137. The van der Waals surface area contributed by atoms with Gasteiger partial charge in [0.15, 0.2) is 0 Å². The zero-order chi connectivity index (χ0) is 13.4. The van der Waals surface area contributed by atoms with Gasteiger partial charge in [0.1, 0.15) is 5.82 Å². The molecule has 0 unspecified atom stereocenters. The van der Waals surface area contributed by atoms with Crippen molar-refractivity contribution in [2.75, 3.05) is 18.0 Å². The van der Waals surface area contributed by atoms with E-state index in [2.05, 4.69) is 4.98 Å². The van der Waals surface area contributed by atoms with E-state index < -0.39 is 17.3 Å². The molecular weight excluding hydrogens is 245 g/mol. The first-order valence-electron chi connectivity index (χ1n) is 5.78. The van der Waals surface area contributed by atoms with Crippen molar-refractivity contribution in [2.24, 2.45) is 0 Å². The SMILES string of the molecule is CC1(O)CCN(c2cc(C(F)(F)F)ccn2)CC1. The summed E-state index contributed by atoms with van der Waals surface area (Å²) in [7, 11) is 0. The summed E-state index contributed by atoms with van der Waals surface area (Å²) in [5, 5.41) is 9.80. The van der Waals surface area contributed by atoms with E-state index in [0.717, 1.165) is 12.1 Å². The van der Waals surface area contributed by atoms with Crippen molar-refractivity contribution in [3.8, 4) is 0 Å². The predicted octanol–water partition coefficient (Wildman–Crippen LogP) is 2.45. The third-order valence-electron chi connectivity index (χ3n) is 3.24. The average Bonchev–Trinajstić information content (AvgIpc) is 2.28. The highest BCUT2D eigenvalue weighted by molar-refractivity contribution is 5.42. The van der Waals surface area contributed by atoms with Crippen LogP contribution < -0.4 is 4.90 Å². The van der Waals surface area contributed by atoms with Crippen LogP contribution in [0.4, 0.5) is 19.0 Å². The molecule has 1 N–H and O–H groups in total. The summed E-state index contributed by atoms with van der Waals surface area (Å²) < 4.78 is 37.7. The maximum Gasteiger partial charge on any atom is 0.416 e. The Labute approximate surface area is 103 Å². The fraction of sp³-hybridized carbons (Fsp3) is 0.583. The summed E-state index contributed by atoms with van der Waals surface area (Å²) in [5.74, 6) is 0.320. The van der Waals surface area contributed by atoms with Crippen molar-refractivity contribution in [3.63, 3.8) is 0 Å². The summed E-state index contributed by atoms with van der Waals surface area (Å²) in [5.41, 5.74) is -1.41. The average molecular weight is 260 g/mol. The van der Waals surface area contributed by atoms with Crippen molar-refractivity contribution in [1.82, 2.24) is 4.98 Å². The third kappa shape index (κ3) is 2.93. The molecule has 0 spiro atoms. The highest BCUT2D eigenvalue weighted by Gasteiger charge is 2.32. The van der Waals surface area contributed by atoms with E-state index in [0.29, 0.717) is 31.7 Å². The molecule has 0 aliphatic carbocycles. The zero-order valence-corrected chi connectivity index (χ0v) is 10.0. The van der Waals surface area contributed by atoms with Crippen LogP contribution in [0.3, 0.4) is 0 Å². The molecule has 1 aliphatic heterocycles. The van der Waals surface area contributed by atoms with Crippen LogP contribution in [0.5, 0.6) is 0 Å². The Hall–Kier alpha value is -1.30. The van der Waals surface area contributed by atoms with Crippen LogP contribution >= 0.6 is 0 Å². The Morgan fingerprint density at radius 2 is 1.94 bits per heavy atom. The Balaban J connectivity index is 2.15. The Kier molecular flexibility index (Phi) is 3.23. The summed E-state index contributed by atoms with van der Waals surface area (Å²) in [6.07, 6.45) is -2.11. The fourth-order valence-electron chi connectivity index (χ4n) is 1.99. The van der Waals surface area contributed by atoms with Gasteiger partial charge in [0.05, 0.1) is 11.2 Å². The van der Waals surface area contributed by atoms with E-state index in [-0.39, 0.29) is 0 Å². The van der Waals surface area contributed by atoms with Crippen LogP contribution in [-0.2, 0) is 6.18 Å². The van der Waals surface area contributed by atoms with Crippen LogP contribution in [0.1, 0.15) is 25.3 Å². The molecule has 2 rings (SSSR count). The van der Waals surface area contributed by atoms with Crippen LogP contribution in [0, 0.1) is 0 Å². The van der Waals surface area contributed by atoms with E-state index in [4.69, 9.17) is 0 Å². The largest absolute Gasteiger partial charge is 0.416 e. The molecule has 1 saturated heterocycles. The maximum absolute atomic E-state index is 12.6. The number of aliphatic hydroxyl groups is 1. The molecule has 18 heavy (non-hydrogen) atoms. The number of halogens is 3. The Morgan fingerprint density at radius 3 is 2.50 bits per heavy atom. The van der Waals surface area contributed by atoms with E-state index >= 15 is 0 Å². The number of anilines is 1. The molecule has 100 valence electrons. The van der Waals surface area contributed by atoms with Gasteiger partial charge in [-0.1, -0.05) is 0 Å². The van der Waals surface area contributed by atoms with Crippen molar-refractivity contribution < 1.29 is 18.3 Å². The first-order valence-corrected chi connectivity index (χ1v) is 5.78. The van der Waals surface area contributed by atoms with Gasteiger partial charge in [-0.2, -0.15) is 13.2 Å². The maximum atomic E-state index is 12.6. The van der Waals surface area contributed by atoms with E-state index in [9.17, 15) is 18.3 Å². The molecule has 0 atom stereocenters. The molecule has 1 aromatic heterocycles. The van der Waals surface area contributed by atoms with Gasteiger partial charge in [-0.25, -0.2) is 4.98 Å². The molecular formula is C12H15F3N2O. The number of aromatic nitrogens is 1. The summed E-state index contributed by atoms with van der Waals surface area (Å²) >= 11 is 0. The van der Waals surface area contributed by atoms with Gasteiger partial charge in [-0.15, -0.1) is 0 Å². The normalized spacial score (nSPS) is 19.9. The second kappa shape index (κ2) is 4.42. The van der Waals surface area contributed by atoms with Crippen molar-refractivity contribution in [3.05, 3.63) is 23.9 Å². The number of alkyl halides is 3. The smallest absolute Gasteiger partial charge is 0.390 e. The monoisotopic (exact) mass is 260 g/mol. The molecule has 3 nitrogen and oxygen atoms in total. The molecule has 0 radical (unpaired) electrons. The van der Waals surface area contributed by atoms with E-state index in [1.165, 1.54) is 6.20 Å². The lowest BCUT2D eigenvalue weighted by Crippen LogP contribution is -2.42. The number of hydrogen-bond acceptors (Lipinski definition) is 3. The molecule has 1 aliphatic rings. The summed E-state index contributed by atoms with van der Waals surface area (Å²) in [6.45, 7) is 2.77. The molecule has 2 heterocycles. The first kappa shape index (κ1) is 13.1. The minimum Gasteiger partial charge on any atom is -0.390 e. The molecule has 0 saturated carbocycles. The number of rotatable bonds is 1. The highest BCUT2D eigenvalue weighted by Crippen LogP contribution is 2.32. The van der Waals surface area contributed by atoms with Crippen molar-refractivity contribution >= 4 is 5.82 Å². The van der Waals surface area contributed by atoms with Crippen LogP contribution in [0.2, 0.25) is 0 Å². The Bertz CT molecular complexity index is 422. The van der Waals surface area contributed by atoms with Crippen molar-refractivity contribution in [1.29, 1.82) is 0 Å². The summed E-state index contributed by atoms with van der Waals surface area (Å²) in [4.78, 5) is 5.74. The van der Waals surface area contributed by atoms with Crippen molar-refractivity contribution in [2.45, 2.75) is 31.5 Å². The first-order chi connectivity index (χ1) is 8.28. The van der Waals surface area contributed by atoms with Gasteiger partial charge in [0.25, 0.3) is 0 Å². The lowest BCUT2D eigenvalue weighted by Gasteiger charge is -2.36. The minimum atomic E-state index is -4.35. The fourth-order valence-corrected chi connectivity index (χ4v) is 1.99. The van der Waals surface area contributed by atoms with E-state index in [1.807, 2.05) is 0 Å². The van der Waals surface area contributed by atoms with Gasteiger partial charge < -0.3 is 10.0 Å². The standard InChI is InChI=1S/C12H15F3N2O/c1-11(18)3-6-17(7-4-11)10-8-9(2-5-16-10)12(13,14)15/h2,5,8,18H,3-4,6-7H2,1H3. The number of nitrogens with zero attached hydrogens (tertiary/aromatic N) is 2. The molecule has 6 heteroatoms. The predicted molar refractivity (Wildman–Crippen MR) is 61.3 cm³/mol. The molecule has 0 bridgehead atoms. The second-order valence-electron chi connectivity index (χ2n) is 4.88. The topological polar surface area (TPSA) is 36.4 Å². The second-order valence-corrected chi connectivity index (χ2v) is 4.88. The molecule has 0 aromatic carbocycles. The number of piperidine rings is 1. The van der Waals surface area contributed by atoms with Gasteiger partial charge in [0, 0.05) is 19.3 Å². The van der Waals surface area contributed by atoms with Gasteiger partial charge in [0.2, 0.25) is 0 Å². The number of hydrogen-bond donors (Lipinski definition) is 1. The van der Waals surface area contributed by atoms with Crippen LogP contribution in [0.25, 0.3) is 0 Å². The third-order valence-corrected chi connectivity index (χ3v) is 3.24. The zero-order valence-electron chi connectivity index (χ0n) is 10.0. The van der Waals surface area contributed by atoms with Gasteiger partial charge in [-0.3, -0.25) is 0 Å². The van der Waals surface area contributed by atoms with Gasteiger partial charge in [-0.05, 0) is 31.9 Å². The quantitative estimate of drug-likeness (QED) is 0.842. The number of pyridine rings is 1. The van der Waals surface area contributed by atoms with Crippen LogP contribution in [0.15, 0.2) is 18.3 Å². The van der Waals surface area contributed by atoms with E-state index in [1.54, 1.807) is 11.8 Å². The molecule has 0 amide bonds. The Morgan fingerprint density at radius 1 is 1.33 bits per heavy atom. The molecule has 1 fully saturated rings. The lowest BCUT2D eigenvalue weighted by atomic mass is 9.94. The minimum absolute atomic E-state index is 0.320. The van der Waals surface area contributed by atoms with Gasteiger partial charge >= 0.3 is 6.18 Å². The van der Waals surface area contributed by atoms with Crippen LogP contribution in [-0.4, -0.2) is 28.8 Å². The highest BCUT2D eigenvalue weighted by atomic mass is 19.4. The summed E-state index contributed by atoms with van der Waals surface area (Å²) in [6, 6.07) is 2.02. The molecule has 1 aromatic rings.